The molecule has 6 aliphatic carbocycles. The van der Waals surface area contributed by atoms with Gasteiger partial charge >= 0.3 is 0 Å². The molecule has 0 radical (unpaired) electrons. The zero-order valence-corrected chi connectivity index (χ0v) is 36.0. The SMILES string of the molecule is c1ccc(-c2ccc(N(c3ccc(-c4ccc5c(c4)C4(c6ccccc6C56c5ccccc5-c5ccccc56)C5CC6CC(C5)CC4C6)cc3)c3ccc4ccccc4c3)cc2)cc1. The molecular formula is C63H49N. The molecule has 0 aromatic heterocycles. The van der Waals surface area contributed by atoms with E-state index in [0.717, 1.165) is 28.9 Å². The van der Waals surface area contributed by atoms with Gasteiger partial charge in [0.2, 0.25) is 0 Å². The first-order valence-corrected chi connectivity index (χ1v) is 23.7. The van der Waals surface area contributed by atoms with Gasteiger partial charge in [0.15, 0.2) is 0 Å². The molecule has 0 atom stereocenters. The number of nitrogens with zero attached hydrogens (tertiary/aromatic N) is 1. The van der Waals surface area contributed by atoms with Crippen LogP contribution in [0.1, 0.15) is 65.5 Å². The second-order valence-electron chi connectivity index (χ2n) is 19.6. The quantitative estimate of drug-likeness (QED) is 0.167. The smallest absolute Gasteiger partial charge is 0.0719 e. The Morgan fingerprint density at radius 3 is 1.42 bits per heavy atom. The lowest BCUT2D eigenvalue weighted by atomic mass is 9.38. The number of benzene rings is 9. The molecule has 64 heavy (non-hydrogen) atoms. The van der Waals surface area contributed by atoms with Crippen LogP contribution in [0.2, 0.25) is 0 Å². The zero-order valence-electron chi connectivity index (χ0n) is 36.0. The lowest BCUT2D eigenvalue weighted by molar-refractivity contribution is -0.0440. The van der Waals surface area contributed by atoms with E-state index in [1.54, 1.807) is 11.1 Å². The van der Waals surface area contributed by atoms with Crippen LogP contribution in [0, 0.1) is 23.7 Å². The van der Waals surface area contributed by atoms with Gasteiger partial charge in [-0.25, -0.2) is 0 Å². The molecule has 0 aliphatic heterocycles. The molecule has 4 bridgehead atoms. The first kappa shape index (κ1) is 36.5. The van der Waals surface area contributed by atoms with E-state index in [0.29, 0.717) is 11.8 Å². The van der Waals surface area contributed by atoms with Crippen LogP contribution in [0.25, 0.3) is 44.2 Å². The molecule has 4 saturated carbocycles. The van der Waals surface area contributed by atoms with Crippen molar-refractivity contribution in [3.05, 3.63) is 246 Å². The van der Waals surface area contributed by atoms with Crippen molar-refractivity contribution in [2.24, 2.45) is 23.7 Å². The van der Waals surface area contributed by atoms with Crippen molar-refractivity contribution in [3.63, 3.8) is 0 Å². The van der Waals surface area contributed by atoms with Gasteiger partial charge in [-0.1, -0.05) is 170 Å². The highest BCUT2D eigenvalue weighted by Gasteiger charge is 2.64. The van der Waals surface area contributed by atoms with E-state index >= 15 is 0 Å². The molecule has 0 N–H and O–H groups in total. The van der Waals surface area contributed by atoms with E-state index in [4.69, 9.17) is 0 Å². The Labute approximate surface area is 376 Å². The van der Waals surface area contributed by atoms with Gasteiger partial charge in [-0.3, -0.25) is 0 Å². The van der Waals surface area contributed by atoms with Crippen molar-refractivity contribution < 1.29 is 0 Å². The third kappa shape index (κ3) is 5.01. The van der Waals surface area contributed by atoms with Gasteiger partial charge in [-0.2, -0.15) is 0 Å². The Bertz CT molecular complexity index is 3210. The highest BCUT2D eigenvalue weighted by molar-refractivity contribution is 5.91. The van der Waals surface area contributed by atoms with Gasteiger partial charge < -0.3 is 4.90 Å². The Balaban J connectivity index is 0.942. The number of hydrogen-bond acceptors (Lipinski definition) is 1. The summed E-state index contributed by atoms with van der Waals surface area (Å²) in [5.74, 6) is 3.08. The largest absolute Gasteiger partial charge is 0.310 e. The van der Waals surface area contributed by atoms with E-state index in [9.17, 15) is 0 Å². The minimum Gasteiger partial charge on any atom is -0.310 e. The van der Waals surface area contributed by atoms with Crippen LogP contribution < -0.4 is 4.90 Å². The van der Waals surface area contributed by atoms with E-state index in [1.165, 1.54) is 98.5 Å². The molecule has 0 heterocycles. The maximum atomic E-state index is 2.69. The molecule has 4 fully saturated rings. The molecule has 6 aliphatic rings. The topological polar surface area (TPSA) is 3.24 Å². The fourth-order valence-corrected chi connectivity index (χ4v) is 14.5. The summed E-state index contributed by atoms with van der Waals surface area (Å²) in [5, 5.41) is 2.49. The van der Waals surface area contributed by atoms with Gasteiger partial charge in [0.25, 0.3) is 0 Å². The monoisotopic (exact) mass is 819 g/mol. The maximum absolute atomic E-state index is 2.69. The van der Waals surface area contributed by atoms with Gasteiger partial charge in [-0.05, 0) is 176 Å². The normalized spacial score (nSPS) is 22.6. The predicted octanol–water partition coefficient (Wildman–Crippen LogP) is 16.1. The molecule has 9 aromatic rings. The molecule has 9 aromatic carbocycles. The Kier molecular flexibility index (Phi) is 7.86. The summed E-state index contributed by atoms with van der Waals surface area (Å²) < 4.78 is 0. The average Bonchev–Trinajstić information content (AvgIpc) is 3.65. The lowest BCUT2D eigenvalue weighted by Crippen LogP contribution is -2.59. The standard InChI is InChI=1S/C63H49N/c1-2-12-43(13-3-1)45-22-28-51(29-23-45)64(53-32-26-44-14-4-5-15-47(44)39-53)52-30-24-46(25-31-52)48-27-33-60-61(40-48)62(49-35-41-34-42(37-49)38-50(62)36-41)58-20-10-11-21-59(58)63(60)56-18-8-6-16-54(56)55-17-7-9-19-57(55)63/h1-33,39-42,49-50H,34-38H2. The number of anilines is 3. The lowest BCUT2D eigenvalue weighted by Gasteiger charge is -2.65. The first-order chi connectivity index (χ1) is 31.7. The molecule has 306 valence electrons. The van der Waals surface area contributed by atoms with E-state index in [1.807, 2.05) is 0 Å². The van der Waals surface area contributed by atoms with Gasteiger partial charge in [-0.15, -0.1) is 0 Å². The van der Waals surface area contributed by atoms with Crippen LogP contribution in [0.15, 0.2) is 212 Å². The minimum absolute atomic E-state index is 0.00577. The van der Waals surface area contributed by atoms with Crippen LogP contribution in [0.5, 0.6) is 0 Å². The van der Waals surface area contributed by atoms with E-state index < -0.39 is 0 Å². The zero-order chi connectivity index (χ0) is 42.0. The van der Waals surface area contributed by atoms with E-state index in [-0.39, 0.29) is 10.8 Å². The minimum atomic E-state index is -0.363. The summed E-state index contributed by atoms with van der Waals surface area (Å²) in [6.45, 7) is 0. The molecule has 15 rings (SSSR count). The highest BCUT2D eigenvalue weighted by Crippen LogP contribution is 2.71. The van der Waals surface area contributed by atoms with Crippen LogP contribution in [0.4, 0.5) is 17.1 Å². The summed E-state index contributed by atoms with van der Waals surface area (Å²) in [7, 11) is 0. The van der Waals surface area contributed by atoms with Crippen LogP contribution in [-0.2, 0) is 10.8 Å². The summed E-state index contributed by atoms with van der Waals surface area (Å²) >= 11 is 0. The van der Waals surface area contributed by atoms with Crippen molar-refractivity contribution in [3.8, 4) is 33.4 Å². The summed E-state index contributed by atoms with van der Waals surface area (Å²) in [5.41, 5.74) is 20.0. The number of fused-ring (bicyclic) bond motifs is 10. The second kappa shape index (κ2) is 13.8. The van der Waals surface area contributed by atoms with Crippen molar-refractivity contribution in [1.29, 1.82) is 0 Å². The summed E-state index contributed by atoms with van der Waals surface area (Å²) in [4.78, 5) is 2.41. The van der Waals surface area contributed by atoms with Gasteiger partial charge in [0, 0.05) is 22.5 Å². The molecule has 0 saturated heterocycles. The summed E-state index contributed by atoms with van der Waals surface area (Å²) in [6, 6.07) is 80.8. The molecule has 2 spiro atoms. The molecular weight excluding hydrogens is 771 g/mol. The van der Waals surface area contributed by atoms with Crippen LogP contribution in [-0.4, -0.2) is 0 Å². The number of rotatable bonds is 5. The Morgan fingerprint density at radius 1 is 0.312 bits per heavy atom. The van der Waals surface area contributed by atoms with Crippen LogP contribution in [0.3, 0.4) is 0 Å². The number of hydrogen-bond donors (Lipinski definition) is 0. The van der Waals surface area contributed by atoms with Crippen molar-refractivity contribution >= 4 is 27.8 Å². The van der Waals surface area contributed by atoms with Gasteiger partial charge in [0.1, 0.15) is 0 Å². The van der Waals surface area contributed by atoms with Crippen molar-refractivity contribution in [2.75, 3.05) is 4.90 Å². The maximum Gasteiger partial charge on any atom is 0.0719 e. The fourth-order valence-electron chi connectivity index (χ4n) is 14.5. The van der Waals surface area contributed by atoms with E-state index in [2.05, 4.69) is 217 Å². The molecule has 1 nitrogen and oxygen atoms in total. The van der Waals surface area contributed by atoms with Crippen molar-refractivity contribution in [1.82, 2.24) is 0 Å². The second-order valence-corrected chi connectivity index (χ2v) is 19.6. The highest BCUT2D eigenvalue weighted by atomic mass is 15.1. The Hall–Kier alpha value is -6.96. The van der Waals surface area contributed by atoms with Gasteiger partial charge in [0.05, 0.1) is 5.41 Å². The molecule has 1 heteroatoms. The fraction of sp³-hybridized carbons (Fsp3) is 0.175. The average molecular weight is 820 g/mol. The molecule has 0 unspecified atom stereocenters. The summed E-state index contributed by atoms with van der Waals surface area (Å²) in [6.07, 6.45) is 6.88. The third-order valence-corrected chi connectivity index (χ3v) is 16.7. The first-order valence-electron chi connectivity index (χ1n) is 23.7. The Morgan fingerprint density at radius 2 is 0.781 bits per heavy atom. The molecule has 0 amide bonds. The van der Waals surface area contributed by atoms with Crippen LogP contribution >= 0.6 is 0 Å². The van der Waals surface area contributed by atoms with Crippen molar-refractivity contribution in [2.45, 2.75) is 42.9 Å². The predicted molar refractivity (Wildman–Crippen MR) is 265 cm³/mol. The third-order valence-electron chi connectivity index (χ3n) is 16.7.